The first-order valence-electron chi connectivity index (χ1n) is 14.8. The molecule has 1 aromatic heterocycles. The first-order chi connectivity index (χ1) is 21.4. The summed E-state index contributed by atoms with van der Waals surface area (Å²) in [7, 11) is 1.72. The molecule has 0 saturated carbocycles. The normalized spacial score (nSPS) is 10.9. The number of aryl methyl sites for hydroxylation is 1. The van der Waals surface area contributed by atoms with Gasteiger partial charge in [0, 0.05) is 41.4 Å². The second kappa shape index (κ2) is 16.7. The fourth-order valence-electron chi connectivity index (χ4n) is 4.68. The summed E-state index contributed by atoms with van der Waals surface area (Å²) in [5.74, 6) is -1.81. The zero-order valence-electron chi connectivity index (χ0n) is 26.1. The summed E-state index contributed by atoms with van der Waals surface area (Å²) in [6.07, 6.45) is 5.39. The van der Waals surface area contributed by atoms with Crippen molar-refractivity contribution in [1.29, 1.82) is 0 Å². The molecular weight excluding hydrogens is 599 g/mol. The zero-order chi connectivity index (χ0) is 33.1. The maximum absolute atomic E-state index is 13.3. The molecule has 0 radical (unpaired) electrons. The average Bonchev–Trinajstić information content (AvgIpc) is 2.98. The van der Waals surface area contributed by atoms with Crippen LogP contribution < -0.4 is 15.5 Å². The van der Waals surface area contributed by atoms with Crippen LogP contribution in [0.15, 0.2) is 57.7 Å². The van der Waals surface area contributed by atoms with Gasteiger partial charge >= 0.3 is 5.97 Å². The fourth-order valence-corrected chi connectivity index (χ4v) is 5.56. The lowest BCUT2D eigenvalue weighted by molar-refractivity contribution is -0.121. The number of rotatable bonds is 16. The number of halogens is 1. The molecule has 3 rings (SSSR count). The fraction of sp³-hybridized carbons (Fsp3) is 0.382. The third-order valence-electron chi connectivity index (χ3n) is 7.37. The maximum Gasteiger partial charge on any atom is 0.339 e. The number of carbonyl (C=O) groups excluding carboxylic acids is 1. The van der Waals surface area contributed by atoms with Crippen LogP contribution in [0.1, 0.15) is 78.8 Å². The Labute approximate surface area is 266 Å². The minimum Gasteiger partial charge on any atom is -0.507 e. The molecule has 2 aromatic carbocycles. The molecule has 0 aliphatic rings. The van der Waals surface area contributed by atoms with Crippen LogP contribution in [0.4, 0.5) is 4.39 Å². The predicted octanol–water partition coefficient (Wildman–Crippen LogP) is 6.39. The summed E-state index contributed by atoms with van der Waals surface area (Å²) < 4.78 is 21.1. The molecule has 0 unspecified atom stereocenters. The number of ether oxygens (including phenoxy) is 1. The molecule has 4 N–H and O–H groups in total. The Morgan fingerprint density at radius 3 is 2.40 bits per heavy atom. The van der Waals surface area contributed by atoms with E-state index in [1.807, 2.05) is 19.9 Å². The van der Waals surface area contributed by atoms with Gasteiger partial charge < -0.3 is 29.9 Å². The van der Waals surface area contributed by atoms with E-state index in [4.69, 9.17) is 4.74 Å². The first kappa shape index (κ1) is 35.2. The summed E-state index contributed by atoms with van der Waals surface area (Å²) in [5.41, 5.74) is 2.20. The van der Waals surface area contributed by atoms with Crippen molar-refractivity contribution in [2.24, 2.45) is 7.05 Å². The van der Waals surface area contributed by atoms with E-state index in [1.165, 1.54) is 30.0 Å². The SMILES string of the molecule is CC(C)=CCc1c(OCCCCCCC(=O)NCc2c(O)c(=O)cc(C)n2C)cc(CSc2ccc(F)cc2)c(C(=O)O)c1O. The topological polar surface area (TPSA) is 138 Å². The van der Waals surface area contributed by atoms with Crippen LogP contribution in [0, 0.1) is 12.7 Å². The number of carboxylic acid groups (broad SMARTS) is 1. The molecule has 45 heavy (non-hydrogen) atoms. The van der Waals surface area contributed by atoms with Gasteiger partial charge in [0.2, 0.25) is 11.3 Å². The molecule has 1 amide bonds. The minimum atomic E-state index is -1.24. The van der Waals surface area contributed by atoms with E-state index >= 15 is 0 Å². The molecule has 0 aliphatic heterocycles. The summed E-state index contributed by atoms with van der Waals surface area (Å²) in [5, 5.41) is 33.8. The number of nitrogens with one attached hydrogen (secondary N) is 1. The van der Waals surface area contributed by atoms with Gasteiger partial charge in [-0.1, -0.05) is 24.5 Å². The van der Waals surface area contributed by atoms with Gasteiger partial charge in [0.05, 0.1) is 18.8 Å². The number of carboxylic acids is 1. The van der Waals surface area contributed by atoms with Gasteiger partial charge in [-0.05, 0) is 75.9 Å². The number of phenols is 1. The number of aromatic nitrogens is 1. The van der Waals surface area contributed by atoms with Crippen molar-refractivity contribution in [3.8, 4) is 17.2 Å². The highest BCUT2D eigenvalue weighted by atomic mass is 32.2. The van der Waals surface area contributed by atoms with E-state index in [1.54, 1.807) is 36.7 Å². The Hall–Kier alpha value is -4.25. The Morgan fingerprint density at radius 2 is 1.73 bits per heavy atom. The van der Waals surface area contributed by atoms with Crippen molar-refractivity contribution in [3.05, 3.63) is 92.2 Å². The number of thioether (sulfide) groups is 1. The van der Waals surface area contributed by atoms with E-state index in [9.17, 15) is 34.1 Å². The summed E-state index contributed by atoms with van der Waals surface area (Å²) in [6.45, 7) is 5.97. The van der Waals surface area contributed by atoms with Crippen LogP contribution in [0.5, 0.6) is 17.2 Å². The van der Waals surface area contributed by atoms with Crippen molar-refractivity contribution in [2.45, 2.75) is 76.5 Å². The number of hydrogen-bond donors (Lipinski definition) is 4. The van der Waals surface area contributed by atoms with Gasteiger partial charge in [0.1, 0.15) is 22.9 Å². The Balaban J connectivity index is 1.57. The van der Waals surface area contributed by atoms with Crippen molar-refractivity contribution in [1.82, 2.24) is 9.88 Å². The Kier molecular flexibility index (Phi) is 13.1. The van der Waals surface area contributed by atoms with Crippen LogP contribution in [-0.4, -0.2) is 38.4 Å². The molecule has 0 saturated heterocycles. The monoisotopic (exact) mass is 640 g/mol. The van der Waals surface area contributed by atoms with Crippen molar-refractivity contribution in [2.75, 3.05) is 6.61 Å². The third kappa shape index (κ3) is 10.1. The maximum atomic E-state index is 13.3. The number of aromatic hydroxyl groups is 2. The van der Waals surface area contributed by atoms with Crippen LogP contribution in [0.3, 0.4) is 0 Å². The number of amides is 1. The quantitative estimate of drug-likeness (QED) is 0.0803. The smallest absolute Gasteiger partial charge is 0.339 e. The van der Waals surface area contributed by atoms with E-state index in [0.717, 1.165) is 23.3 Å². The van der Waals surface area contributed by atoms with Crippen LogP contribution in [-0.2, 0) is 30.6 Å². The highest BCUT2D eigenvalue weighted by molar-refractivity contribution is 7.98. The molecule has 0 fully saturated rings. The number of unbranched alkanes of at least 4 members (excludes halogenated alkanes) is 3. The van der Waals surface area contributed by atoms with Crippen LogP contribution >= 0.6 is 11.8 Å². The number of carbonyl (C=O) groups is 2. The molecule has 9 nitrogen and oxygen atoms in total. The van der Waals surface area contributed by atoms with Gasteiger partial charge in [-0.15, -0.1) is 11.8 Å². The lowest BCUT2D eigenvalue weighted by Gasteiger charge is -2.17. The highest BCUT2D eigenvalue weighted by Crippen LogP contribution is 2.38. The summed E-state index contributed by atoms with van der Waals surface area (Å²) in [4.78, 5) is 37.1. The lowest BCUT2D eigenvalue weighted by atomic mass is 9.99. The number of hydrogen-bond acceptors (Lipinski definition) is 7. The van der Waals surface area contributed by atoms with E-state index < -0.39 is 11.4 Å². The molecule has 3 aromatic rings. The predicted molar refractivity (Wildman–Crippen MR) is 173 cm³/mol. The van der Waals surface area contributed by atoms with E-state index in [2.05, 4.69) is 5.32 Å². The number of benzene rings is 2. The minimum absolute atomic E-state index is 0.0545. The highest BCUT2D eigenvalue weighted by Gasteiger charge is 2.23. The molecule has 1 heterocycles. The Morgan fingerprint density at radius 1 is 1.04 bits per heavy atom. The Bertz CT molecular complexity index is 1600. The van der Waals surface area contributed by atoms with E-state index in [0.29, 0.717) is 60.6 Å². The van der Waals surface area contributed by atoms with Crippen LogP contribution in [0.2, 0.25) is 0 Å². The largest absolute Gasteiger partial charge is 0.507 e. The summed E-state index contributed by atoms with van der Waals surface area (Å²) >= 11 is 1.33. The van der Waals surface area contributed by atoms with E-state index in [-0.39, 0.29) is 41.1 Å². The van der Waals surface area contributed by atoms with Crippen molar-refractivity contribution < 1.29 is 34.0 Å². The zero-order valence-corrected chi connectivity index (χ0v) is 26.9. The second-order valence-corrected chi connectivity index (χ2v) is 12.1. The molecular formula is C34H41FN2O7S. The molecule has 0 aliphatic carbocycles. The average molecular weight is 641 g/mol. The molecule has 11 heteroatoms. The van der Waals surface area contributed by atoms with Crippen molar-refractivity contribution >= 4 is 23.6 Å². The van der Waals surface area contributed by atoms with Gasteiger partial charge in [-0.2, -0.15) is 0 Å². The molecule has 242 valence electrons. The third-order valence-corrected chi connectivity index (χ3v) is 8.43. The molecule has 0 atom stereocenters. The first-order valence-corrected chi connectivity index (χ1v) is 15.8. The molecule has 0 bridgehead atoms. The molecule has 0 spiro atoms. The number of allylic oxidation sites excluding steroid dienone is 2. The number of nitrogens with zero attached hydrogens (tertiary/aromatic N) is 1. The standard InChI is InChI=1S/C34H41FN2O7S/c1-21(2)10-15-26-29(18-23(31(32(26)40)34(42)43)20-45-25-13-11-24(35)12-14-25)44-16-8-6-5-7-9-30(39)36-19-27-33(41)28(38)17-22(3)37(27)4/h10-14,17-18,40-41H,5-9,15-16,19-20H2,1-4H3,(H,36,39)(H,42,43). The van der Waals surface area contributed by atoms with Crippen molar-refractivity contribution in [3.63, 3.8) is 0 Å². The van der Waals surface area contributed by atoms with Crippen LogP contribution in [0.25, 0.3) is 0 Å². The lowest BCUT2D eigenvalue weighted by Crippen LogP contribution is -2.26. The van der Waals surface area contributed by atoms with Gasteiger partial charge in [0.15, 0.2) is 5.75 Å². The van der Waals surface area contributed by atoms with Gasteiger partial charge in [0.25, 0.3) is 0 Å². The second-order valence-electron chi connectivity index (χ2n) is 11.1. The number of aromatic carboxylic acids is 1. The summed E-state index contributed by atoms with van der Waals surface area (Å²) in [6, 6.07) is 8.91. The number of pyridine rings is 1. The van der Waals surface area contributed by atoms with Gasteiger partial charge in [-0.3, -0.25) is 9.59 Å². The van der Waals surface area contributed by atoms with Gasteiger partial charge in [-0.25, -0.2) is 9.18 Å².